The first-order valence-electron chi connectivity index (χ1n) is 8.08. The zero-order valence-corrected chi connectivity index (χ0v) is 13.4. The molecule has 0 saturated heterocycles. The second-order valence-electron chi connectivity index (χ2n) is 6.19. The highest BCUT2D eigenvalue weighted by molar-refractivity contribution is 5.83. The van der Waals surface area contributed by atoms with Crippen molar-refractivity contribution in [2.24, 2.45) is 5.92 Å². The third-order valence-corrected chi connectivity index (χ3v) is 4.38. The van der Waals surface area contributed by atoms with Gasteiger partial charge in [0.1, 0.15) is 18.5 Å². The number of esters is 1. The molecular weight excluding hydrogens is 296 g/mol. The zero-order chi connectivity index (χ0) is 16.8. The molecule has 0 amide bonds. The SMILES string of the molecule is C[C@@H](C(=O)OCC(O)CO)c1ccc(C[C@H]2CCCC2=O)cc1. The lowest BCUT2D eigenvalue weighted by Crippen LogP contribution is -2.24. The molecule has 0 spiro atoms. The summed E-state index contributed by atoms with van der Waals surface area (Å²) in [6.45, 7) is 1.10. The lowest BCUT2D eigenvalue weighted by molar-refractivity contribution is -0.148. The molecule has 1 saturated carbocycles. The maximum absolute atomic E-state index is 11.9. The van der Waals surface area contributed by atoms with Crippen LogP contribution in [0, 0.1) is 5.92 Å². The minimum atomic E-state index is -1.04. The van der Waals surface area contributed by atoms with Gasteiger partial charge in [-0.1, -0.05) is 24.3 Å². The molecule has 1 aromatic carbocycles. The highest BCUT2D eigenvalue weighted by Gasteiger charge is 2.24. The minimum absolute atomic E-state index is 0.142. The van der Waals surface area contributed by atoms with Crippen molar-refractivity contribution in [2.75, 3.05) is 13.2 Å². The van der Waals surface area contributed by atoms with E-state index in [0.29, 0.717) is 12.2 Å². The molecule has 0 radical (unpaired) electrons. The van der Waals surface area contributed by atoms with Crippen LogP contribution in [0.4, 0.5) is 0 Å². The molecule has 0 aliphatic heterocycles. The summed E-state index contributed by atoms with van der Waals surface area (Å²) in [7, 11) is 0. The van der Waals surface area contributed by atoms with Gasteiger partial charge in [-0.2, -0.15) is 0 Å². The van der Waals surface area contributed by atoms with Gasteiger partial charge in [0.2, 0.25) is 0 Å². The number of ether oxygens (including phenoxy) is 1. The minimum Gasteiger partial charge on any atom is -0.462 e. The Morgan fingerprint density at radius 1 is 1.35 bits per heavy atom. The second kappa shape index (κ2) is 8.22. The average Bonchev–Trinajstić information content (AvgIpc) is 2.97. The molecule has 2 rings (SSSR count). The molecule has 5 nitrogen and oxygen atoms in total. The van der Waals surface area contributed by atoms with Gasteiger partial charge in [0.05, 0.1) is 12.5 Å². The van der Waals surface area contributed by atoms with Crippen molar-refractivity contribution >= 4 is 11.8 Å². The predicted molar refractivity (Wildman–Crippen MR) is 85.0 cm³/mol. The smallest absolute Gasteiger partial charge is 0.313 e. The van der Waals surface area contributed by atoms with Crippen LogP contribution in [0.3, 0.4) is 0 Å². The summed E-state index contributed by atoms with van der Waals surface area (Å²) in [5, 5.41) is 17.9. The number of benzene rings is 1. The van der Waals surface area contributed by atoms with Gasteiger partial charge >= 0.3 is 5.97 Å². The summed E-state index contributed by atoms with van der Waals surface area (Å²) in [6.07, 6.45) is 2.38. The molecule has 1 fully saturated rings. The maximum atomic E-state index is 11.9. The van der Waals surface area contributed by atoms with Crippen LogP contribution in [-0.2, 0) is 20.7 Å². The van der Waals surface area contributed by atoms with Crippen LogP contribution in [-0.4, -0.2) is 41.3 Å². The van der Waals surface area contributed by atoms with E-state index in [1.54, 1.807) is 6.92 Å². The Bertz CT molecular complexity index is 537. The number of aliphatic hydroxyl groups excluding tert-OH is 2. The molecule has 1 aromatic rings. The van der Waals surface area contributed by atoms with E-state index in [0.717, 1.165) is 30.4 Å². The number of Topliss-reactive ketones (excluding diaryl/α,β-unsaturated/α-hetero) is 1. The lowest BCUT2D eigenvalue weighted by Gasteiger charge is -2.14. The van der Waals surface area contributed by atoms with E-state index >= 15 is 0 Å². The van der Waals surface area contributed by atoms with Gasteiger partial charge in [-0.05, 0) is 37.3 Å². The third-order valence-electron chi connectivity index (χ3n) is 4.38. The maximum Gasteiger partial charge on any atom is 0.313 e. The Kier molecular flexibility index (Phi) is 6.30. The summed E-state index contributed by atoms with van der Waals surface area (Å²) >= 11 is 0. The lowest BCUT2D eigenvalue weighted by atomic mass is 9.94. The molecule has 2 N–H and O–H groups in total. The van der Waals surface area contributed by atoms with Gasteiger partial charge in [0, 0.05) is 12.3 Å². The van der Waals surface area contributed by atoms with Crippen molar-refractivity contribution in [3.8, 4) is 0 Å². The summed E-state index contributed by atoms with van der Waals surface area (Å²) in [5.74, 6) is -0.379. The molecule has 0 aromatic heterocycles. The van der Waals surface area contributed by atoms with Crippen LogP contribution in [0.15, 0.2) is 24.3 Å². The fourth-order valence-electron chi connectivity index (χ4n) is 2.82. The van der Waals surface area contributed by atoms with E-state index < -0.39 is 24.6 Å². The van der Waals surface area contributed by atoms with Gasteiger partial charge in [0.15, 0.2) is 0 Å². The summed E-state index contributed by atoms with van der Waals surface area (Å²) in [6, 6.07) is 7.66. The first-order valence-corrected chi connectivity index (χ1v) is 8.08. The highest BCUT2D eigenvalue weighted by atomic mass is 16.5. The van der Waals surface area contributed by atoms with E-state index in [1.807, 2.05) is 24.3 Å². The van der Waals surface area contributed by atoms with Crippen molar-refractivity contribution in [3.63, 3.8) is 0 Å². The number of hydrogen-bond acceptors (Lipinski definition) is 5. The van der Waals surface area contributed by atoms with E-state index in [1.165, 1.54) is 0 Å². The summed E-state index contributed by atoms with van der Waals surface area (Å²) in [5.41, 5.74) is 1.93. The summed E-state index contributed by atoms with van der Waals surface area (Å²) < 4.78 is 4.97. The molecule has 1 aliphatic rings. The topological polar surface area (TPSA) is 83.8 Å². The van der Waals surface area contributed by atoms with Crippen molar-refractivity contribution in [2.45, 2.75) is 44.6 Å². The van der Waals surface area contributed by atoms with Crippen molar-refractivity contribution < 1.29 is 24.5 Å². The predicted octanol–water partition coefficient (Wildman–Crippen LogP) is 1.60. The Morgan fingerprint density at radius 3 is 2.61 bits per heavy atom. The fourth-order valence-corrected chi connectivity index (χ4v) is 2.82. The average molecular weight is 320 g/mol. The summed E-state index contributed by atoms with van der Waals surface area (Å²) in [4.78, 5) is 23.6. The molecule has 1 unspecified atom stereocenters. The van der Waals surface area contributed by atoms with E-state index in [-0.39, 0.29) is 12.5 Å². The molecule has 3 atom stereocenters. The van der Waals surface area contributed by atoms with Gasteiger partial charge in [-0.3, -0.25) is 9.59 Å². The van der Waals surface area contributed by atoms with Crippen LogP contribution in [0.1, 0.15) is 43.2 Å². The molecule has 1 aliphatic carbocycles. The quantitative estimate of drug-likeness (QED) is 0.746. The number of hydrogen-bond donors (Lipinski definition) is 2. The molecular formula is C18H24O5. The van der Waals surface area contributed by atoms with Crippen LogP contribution in [0.5, 0.6) is 0 Å². The standard InChI is InChI=1S/C18H24O5/c1-12(18(22)23-11-16(20)10-19)14-7-5-13(6-8-14)9-15-3-2-4-17(15)21/h5-8,12,15-16,19-20H,2-4,9-11H2,1H3/t12-,15-,16?/m1/s1. The third kappa shape index (κ3) is 4.88. The van der Waals surface area contributed by atoms with Crippen molar-refractivity contribution in [3.05, 3.63) is 35.4 Å². The van der Waals surface area contributed by atoms with Crippen LogP contribution < -0.4 is 0 Å². The normalized spacial score (nSPS) is 20.3. The van der Waals surface area contributed by atoms with Gasteiger partial charge in [-0.15, -0.1) is 0 Å². The molecule has 23 heavy (non-hydrogen) atoms. The fraction of sp³-hybridized carbons (Fsp3) is 0.556. The van der Waals surface area contributed by atoms with E-state index in [4.69, 9.17) is 9.84 Å². The molecule has 0 heterocycles. The number of ketones is 1. The molecule has 126 valence electrons. The van der Waals surface area contributed by atoms with Crippen molar-refractivity contribution in [1.29, 1.82) is 0 Å². The van der Waals surface area contributed by atoms with Crippen LogP contribution in [0.2, 0.25) is 0 Å². The number of carbonyl (C=O) groups excluding carboxylic acids is 2. The van der Waals surface area contributed by atoms with Crippen LogP contribution >= 0.6 is 0 Å². The molecule has 0 bridgehead atoms. The van der Waals surface area contributed by atoms with Gasteiger partial charge in [0.25, 0.3) is 0 Å². The second-order valence-corrected chi connectivity index (χ2v) is 6.19. The number of carbonyl (C=O) groups is 2. The highest BCUT2D eigenvalue weighted by Crippen LogP contribution is 2.26. The Balaban J connectivity index is 1.90. The molecule has 5 heteroatoms. The van der Waals surface area contributed by atoms with Crippen molar-refractivity contribution in [1.82, 2.24) is 0 Å². The van der Waals surface area contributed by atoms with E-state index in [2.05, 4.69) is 0 Å². The number of rotatable bonds is 7. The van der Waals surface area contributed by atoms with E-state index in [9.17, 15) is 14.7 Å². The first kappa shape index (κ1) is 17.6. The Morgan fingerprint density at radius 2 is 2.04 bits per heavy atom. The van der Waals surface area contributed by atoms with Gasteiger partial charge in [-0.25, -0.2) is 0 Å². The monoisotopic (exact) mass is 320 g/mol. The largest absolute Gasteiger partial charge is 0.462 e. The zero-order valence-electron chi connectivity index (χ0n) is 13.4. The van der Waals surface area contributed by atoms with Crippen LogP contribution in [0.25, 0.3) is 0 Å². The van der Waals surface area contributed by atoms with Gasteiger partial charge < -0.3 is 14.9 Å². The first-order chi connectivity index (χ1) is 11.0. The Hall–Kier alpha value is -1.72. The Labute approximate surface area is 136 Å². The number of aliphatic hydroxyl groups is 2.